The quantitative estimate of drug-likeness (QED) is 0.937. The molecule has 1 fully saturated rings. The maximum atomic E-state index is 13.1. The molecule has 2 aromatic rings. The van der Waals surface area contributed by atoms with Crippen LogP contribution in [0.3, 0.4) is 0 Å². The molecule has 3 nitrogen and oxygen atoms in total. The van der Waals surface area contributed by atoms with Crippen LogP contribution >= 0.6 is 0 Å². The van der Waals surface area contributed by atoms with Crippen LogP contribution in [0.5, 0.6) is 0 Å². The highest BCUT2D eigenvalue weighted by Gasteiger charge is 2.27. The highest BCUT2D eigenvalue weighted by atomic mass is 16.2. The number of carbonyl (C=O) groups excluding carboxylic acids is 1. The molecule has 0 spiro atoms. The fourth-order valence-electron chi connectivity index (χ4n) is 3.29. The number of fused-ring (bicyclic) bond motifs is 1. The number of nitrogens with one attached hydrogen (secondary N) is 1. The van der Waals surface area contributed by atoms with E-state index in [9.17, 15) is 4.79 Å². The van der Waals surface area contributed by atoms with Gasteiger partial charge < -0.3 is 10.2 Å². The van der Waals surface area contributed by atoms with Crippen LogP contribution in [0.15, 0.2) is 42.5 Å². The van der Waals surface area contributed by atoms with Gasteiger partial charge >= 0.3 is 0 Å². The van der Waals surface area contributed by atoms with E-state index in [-0.39, 0.29) is 5.91 Å². The summed E-state index contributed by atoms with van der Waals surface area (Å²) < 4.78 is 0. The highest BCUT2D eigenvalue weighted by molar-refractivity contribution is 6.07. The Morgan fingerprint density at radius 1 is 1.23 bits per heavy atom. The average molecular weight is 296 g/mol. The predicted molar refractivity (Wildman–Crippen MR) is 91.2 cm³/mol. The van der Waals surface area contributed by atoms with Crippen LogP contribution in [-0.4, -0.2) is 36.5 Å². The Hall–Kier alpha value is -1.87. The fourth-order valence-corrected chi connectivity index (χ4v) is 3.29. The number of nitrogens with zero attached hydrogens (tertiary/aromatic N) is 1. The number of rotatable bonds is 4. The minimum atomic E-state index is 0.180. The number of benzene rings is 2. The number of carbonyl (C=O) groups is 1. The van der Waals surface area contributed by atoms with E-state index in [4.69, 9.17) is 0 Å². The summed E-state index contributed by atoms with van der Waals surface area (Å²) in [5.41, 5.74) is 0.835. The van der Waals surface area contributed by atoms with E-state index in [0.29, 0.717) is 6.04 Å². The summed E-state index contributed by atoms with van der Waals surface area (Å²) in [6, 6.07) is 14.5. The lowest BCUT2D eigenvalue weighted by atomic mass is 10.0. The third-order valence-corrected chi connectivity index (χ3v) is 4.52. The monoisotopic (exact) mass is 296 g/mol. The van der Waals surface area contributed by atoms with Gasteiger partial charge in [-0.15, -0.1) is 0 Å². The van der Waals surface area contributed by atoms with Gasteiger partial charge in [-0.25, -0.2) is 0 Å². The first kappa shape index (κ1) is 15.0. The normalized spacial score (nSPS) is 18.6. The van der Waals surface area contributed by atoms with E-state index in [0.717, 1.165) is 42.4 Å². The van der Waals surface area contributed by atoms with Crippen molar-refractivity contribution < 1.29 is 4.79 Å². The standard InChI is InChI=1S/C19H24N2O/c1-2-3-9-16-14-20-12-13-21(16)19(22)18-11-6-8-15-7-4-5-10-17(15)18/h4-8,10-11,16,20H,2-3,9,12-14H2,1H3/t16-/m0/s1. The number of unbranched alkanes of at least 4 members (excludes halogenated alkanes) is 1. The molecule has 0 radical (unpaired) electrons. The Morgan fingerprint density at radius 2 is 2.05 bits per heavy atom. The Kier molecular flexibility index (Phi) is 4.74. The van der Waals surface area contributed by atoms with Gasteiger partial charge in [-0.05, 0) is 23.3 Å². The molecule has 1 saturated heterocycles. The lowest BCUT2D eigenvalue weighted by Crippen LogP contribution is -2.53. The molecular formula is C19H24N2O. The molecule has 1 aliphatic heterocycles. The smallest absolute Gasteiger partial charge is 0.254 e. The summed E-state index contributed by atoms with van der Waals surface area (Å²) in [4.78, 5) is 15.2. The summed E-state index contributed by atoms with van der Waals surface area (Å²) in [7, 11) is 0. The van der Waals surface area contributed by atoms with Crippen molar-refractivity contribution in [3.8, 4) is 0 Å². The van der Waals surface area contributed by atoms with Crippen molar-refractivity contribution in [1.82, 2.24) is 10.2 Å². The predicted octanol–water partition coefficient (Wildman–Crippen LogP) is 3.44. The minimum absolute atomic E-state index is 0.180. The molecule has 116 valence electrons. The second kappa shape index (κ2) is 6.93. The van der Waals surface area contributed by atoms with Crippen molar-refractivity contribution >= 4 is 16.7 Å². The molecule has 1 atom stereocenters. The molecule has 2 aromatic carbocycles. The summed E-state index contributed by atoms with van der Waals surface area (Å²) in [6.07, 6.45) is 3.43. The van der Waals surface area contributed by atoms with E-state index < -0.39 is 0 Å². The van der Waals surface area contributed by atoms with Crippen molar-refractivity contribution in [3.05, 3.63) is 48.0 Å². The molecule has 22 heavy (non-hydrogen) atoms. The van der Waals surface area contributed by atoms with Gasteiger partial charge in [0.1, 0.15) is 0 Å². The zero-order valence-corrected chi connectivity index (χ0v) is 13.2. The summed E-state index contributed by atoms with van der Waals surface area (Å²) in [5, 5.41) is 5.61. The number of hydrogen-bond donors (Lipinski definition) is 1. The van der Waals surface area contributed by atoms with Gasteiger partial charge in [0, 0.05) is 31.2 Å². The first-order valence-electron chi connectivity index (χ1n) is 8.30. The van der Waals surface area contributed by atoms with Gasteiger partial charge in [0.05, 0.1) is 0 Å². The summed E-state index contributed by atoms with van der Waals surface area (Å²) >= 11 is 0. The minimum Gasteiger partial charge on any atom is -0.333 e. The van der Waals surface area contributed by atoms with Crippen LogP contribution in [0, 0.1) is 0 Å². The van der Waals surface area contributed by atoms with E-state index >= 15 is 0 Å². The van der Waals surface area contributed by atoms with Gasteiger partial charge in [0.15, 0.2) is 0 Å². The average Bonchev–Trinajstić information content (AvgIpc) is 2.59. The zero-order valence-electron chi connectivity index (χ0n) is 13.2. The summed E-state index contributed by atoms with van der Waals surface area (Å²) in [5.74, 6) is 0.180. The number of piperazine rings is 1. The maximum Gasteiger partial charge on any atom is 0.254 e. The molecule has 0 aromatic heterocycles. The van der Waals surface area contributed by atoms with Gasteiger partial charge in [0.25, 0.3) is 5.91 Å². The summed E-state index contributed by atoms with van der Waals surface area (Å²) in [6.45, 7) is 4.80. The molecule has 0 saturated carbocycles. The van der Waals surface area contributed by atoms with Crippen LogP contribution in [0.2, 0.25) is 0 Å². The molecule has 3 rings (SSSR count). The van der Waals surface area contributed by atoms with Crippen LogP contribution in [0.25, 0.3) is 10.8 Å². The van der Waals surface area contributed by atoms with Gasteiger partial charge in [-0.3, -0.25) is 4.79 Å². The molecule has 0 unspecified atom stereocenters. The first-order valence-corrected chi connectivity index (χ1v) is 8.30. The Morgan fingerprint density at radius 3 is 2.91 bits per heavy atom. The van der Waals surface area contributed by atoms with Crippen molar-refractivity contribution in [2.45, 2.75) is 32.2 Å². The van der Waals surface area contributed by atoms with Crippen LogP contribution in [-0.2, 0) is 0 Å². The van der Waals surface area contributed by atoms with Crippen molar-refractivity contribution in [2.24, 2.45) is 0 Å². The molecule has 1 N–H and O–H groups in total. The lowest BCUT2D eigenvalue weighted by molar-refractivity contribution is 0.0624. The molecule has 3 heteroatoms. The Labute approximate surface area is 132 Å². The van der Waals surface area contributed by atoms with Gasteiger partial charge in [-0.1, -0.05) is 56.2 Å². The molecule has 0 bridgehead atoms. The third kappa shape index (κ3) is 3.00. The number of hydrogen-bond acceptors (Lipinski definition) is 2. The third-order valence-electron chi connectivity index (χ3n) is 4.52. The van der Waals surface area contributed by atoms with Crippen LogP contribution < -0.4 is 5.32 Å². The molecule has 1 amide bonds. The van der Waals surface area contributed by atoms with E-state index in [1.807, 2.05) is 30.3 Å². The van der Waals surface area contributed by atoms with Crippen LogP contribution in [0.1, 0.15) is 36.5 Å². The Bertz CT molecular complexity index is 647. The number of amides is 1. The fraction of sp³-hybridized carbons (Fsp3) is 0.421. The SMILES string of the molecule is CCCC[C@H]1CNCCN1C(=O)c1cccc2ccccc12. The van der Waals surface area contributed by atoms with Crippen molar-refractivity contribution in [1.29, 1.82) is 0 Å². The largest absolute Gasteiger partial charge is 0.333 e. The second-order valence-electron chi connectivity index (χ2n) is 6.03. The van der Waals surface area contributed by atoms with Crippen LogP contribution in [0.4, 0.5) is 0 Å². The van der Waals surface area contributed by atoms with E-state index in [2.05, 4.69) is 29.3 Å². The van der Waals surface area contributed by atoms with Gasteiger partial charge in [0.2, 0.25) is 0 Å². The topological polar surface area (TPSA) is 32.3 Å². The Balaban J connectivity index is 1.90. The van der Waals surface area contributed by atoms with E-state index in [1.165, 1.54) is 12.8 Å². The van der Waals surface area contributed by atoms with E-state index in [1.54, 1.807) is 0 Å². The lowest BCUT2D eigenvalue weighted by Gasteiger charge is -2.36. The molecule has 1 aliphatic rings. The molecule has 0 aliphatic carbocycles. The first-order chi connectivity index (χ1) is 10.8. The molecule has 1 heterocycles. The zero-order chi connectivity index (χ0) is 15.4. The maximum absolute atomic E-state index is 13.1. The van der Waals surface area contributed by atoms with Gasteiger partial charge in [-0.2, -0.15) is 0 Å². The molecular weight excluding hydrogens is 272 g/mol. The highest BCUT2D eigenvalue weighted by Crippen LogP contribution is 2.22. The van der Waals surface area contributed by atoms with Crippen molar-refractivity contribution in [3.63, 3.8) is 0 Å². The second-order valence-corrected chi connectivity index (χ2v) is 6.03. The van der Waals surface area contributed by atoms with Crippen molar-refractivity contribution in [2.75, 3.05) is 19.6 Å².